The van der Waals surface area contributed by atoms with Gasteiger partial charge in [-0.25, -0.2) is 0 Å². The molecule has 3 rings (SSSR count). The lowest BCUT2D eigenvalue weighted by molar-refractivity contribution is -0.132. The summed E-state index contributed by atoms with van der Waals surface area (Å²) in [6.45, 7) is 5.38. The molecule has 2 aliphatic carbocycles. The molecule has 0 aromatic carbocycles. The van der Waals surface area contributed by atoms with Gasteiger partial charge in [-0.1, -0.05) is 19.4 Å². The molecule has 2 amide bonds. The fourth-order valence-corrected chi connectivity index (χ4v) is 6.58. The normalized spacial score (nSPS) is 35.6. The number of nitrogens with zero attached hydrogens (tertiary/aromatic N) is 1. The van der Waals surface area contributed by atoms with Crippen molar-refractivity contribution in [3.05, 3.63) is 12.7 Å². The van der Waals surface area contributed by atoms with Gasteiger partial charge in [0, 0.05) is 49.3 Å². The Morgan fingerprint density at radius 2 is 1.77 bits per heavy atom. The third-order valence-corrected chi connectivity index (χ3v) is 8.54. The summed E-state index contributed by atoms with van der Waals surface area (Å²) in [4.78, 5) is 26.2. The Kier molecular flexibility index (Phi) is 8.91. The van der Waals surface area contributed by atoms with Crippen molar-refractivity contribution in [2.24, 2.45) is 23.7 Å². The van der Waals surface area contributed by atoms with Crippen molar-refractivity contribution in [2.75, 3.05) is 26.7 Å². The number of methoxy groups -OCH3 is 1. The van der Waals surface area contributed by atoms with E-state index in [4.69, 9.17) is 27.9 Å². The monoisotopic (exact) mass is 458 g/mol. The van der Waals surface area contributed by atoms with Gasteiger partial charge in [-0.15, -0.1) is 23.2 Å². The van der Waals surface area contributed by atoms with Crippen LogP contribution in [-0.4, -0.2) is 60.3 Å². The van der Waals surface area contributed by atoms with Gasteiger partial charge in [0.25, 0.3) is 0 Å². The van der Waals surface area contributed by atoms with Crippen molar-refractivity contribution in [2.45, 2.75) is 68.2 Å². The lowest BCUT2D eigenvalue weighted by atomic mass is 9.69. The Hall–Kier alpha value is -0.780. The number of alkyl halides is 2. The molecule has 0 spiro atoms. The summed E-state index contributed by atoms with van der Waals surface area (Å²) in [5.41, 5.74) is 0. The van der Waals surface area contributed by atoms with Crippen LogP contribution in [-0.2, 0) is 14.3 Å². The number of nitrogens with one attached hydrogen (secondary N) is 1. The van der Waals surface area contributed by atoms with Gasteiger partial charge in [-0.3, -0.25) is 9.59 Å². The van der Waals surface area contributed by atoms with Crippen LogP contribution in [0.4, 0.5) is 0 Å². The number of ether oxygens (including phenoxy) is 1. The Morgan fingerprint density at radius 1 is 1.07 bits per heavy atom. The van der Waals surface area contributed by atoms with Crippen LogP contribution in [0.2, 0.25) is 0 Å². The van der Waals surface area contributed by atoms with E-state index in [-0.39, 0.29) is 40.5 Å². The highest BCUT2D eigenvalue weighted by Gasteiger charge is 2.42. The second-order valence-corrected chi connectivity index (χ2v) is 10.3. The van der Waals surface area contributed by atoms with Crippen LogP contribution >= 0.6 is 23.2 Å². The van der Waals surface area contributed by atoms with Crippen molar-refractivity contribution in [3.63, 3.8) is 0 Å². The molecule has 6 atom stereocenters. The van der Waals surface area contributed by atoms with Crippen LogP contribution < -0.4 is 5.32 Å². The highest BCUT2D eigenvalue weighted by molar-refractivity contribution is 6.22. The van der Waals surface area contributed by atoms with Crippen molar-refractivity contribution in [1.82, 2.24) is 10.2 Å². The maximum absolute atomic E-state index is 12.8. The number of hydrogen-bond acceptors (Lipinski definition) is 3. The first-order valence-corrected chi connectivity index (χ1v) is 12.3. The van der Waals surface area contributed by atoms with Crippen LogP contribution in [0.5, 0.6) is 0 Å². The fraction of sp³-hybridized carbons (Fsp3) is 0.826. The van der Waals surface area contributed by atoms with Crippen LogP contribution in [0.25, 0.3) is 0 Å². The van der Waals surface area contributed by atoms with E-state index in [9.17, 15) is 9.59 Å². The molecular formula is C23H36Cl2N2O3. The molecule has 3 aliphatic rings. The van der Waals surface area contributed by atoms with Crippen molar-refractivity contribution in [1.29, 1.82) is 0 Å². The van der Waals surface area contributed by atoms with Gasteiger partial charge in [0.15, 0.2) is 0 Å². The SMILES string of the molecule is C=CC(=O)N1CCC(C(=O)NCC2CC(C3CCCCC3Cl)C(Cl)CC2OC)CC1. The molecule has 0 radical (unpaired) electrons. The Labute approximate surface area is 190 Å². The predicted molar refractivity (Wildman–Crippen MR) is 121 cm³/mol. The van der Waals surface area contributed by atoms with Crippen molar-refractivity contribution < 1.29 is 14.3 Å². The zero-order valence-corrected chi connectivity index (χ0v) is 19.5. The minimum atomic E-state index is -0.0546. The predicted octanol–water partition coefficient (Wildman–Crippen LogP) is 3.97. The van der Waals surface area contributed by atoms with E-state index in [1.807, 2.05) is 0 Å². The van der Waals surface area contributed by atoms with Crippen LogP contribution in [0.15, 0.2) is 12.7 Å². The molecule has 0 bridgehead atoms. The molecule has 1 heterocycles. The summed E-state index contributed by atoms with van der Waals surface area (Å²) in [7, 11) is 1.74. The summed E-state index contributed by atoms with van der Waals surface area (Å²) in [6.07, 6.45) is 9.24. The summed E-state index contributed by atoms with van der Waals surface area (Å²) in [5.74, 6) is 1.10. The highest BCUT2D eigenvalue weighted by atomic mass is 35.5. The molecule has 1 N–H and O–H groups in total. The molecule has 6 unspecified atom stereocenters. The summed E-state index contributed by atoms with van der Waals surface area (Å²) < 4.78 is 5.74. The molecule has 7 heteroatoms. The number of piperidine rings is 1. The first kappa shape index (κ1) is 23.9. The number of carbonyl (C=O) groups is 2. The number of hydrogen-bond donors (Lipinski definition) is 1. The minimum Gasteiger partial charge on any atom is -0.381 e. The second kappa shape index (κ2) is 11.2. The Balaban J connectivity index is 1.53. The number of likely N-dealkylation sites (tertiary alicyclic amines) is 1. The van der Waals surface area contributed by atoms with E-state index < -0.39 is 0 Å². The maximum Gasteiger partial charge on any atom is 0.245 e. The standard InChI is InChI=1S/C23H36Cl2N2O3/c1-3-22(28)27-10-8-15(9-11-27)23(29)26-14-16-12-18(20(25)13-21(16)30-2)17-6-4-5-7-19(17)24/h3,15-21H,1,4-14H2,2H3,(H,26,29). The van der Waals surface area contributed by atoms with E-state index in [0.29, 0.717) is 44.3 Å². The van der Waals surface area contributed by atoms with Gasteiger partial charge in [-0.05, 0) is 56.4 Å². The van der Waals surface area contributed by atoms with Gasteiger partial charge in [0.1, 0.15) is 0 Å². The van der Waals surface area contributed by atoms with E-state index in [1.54, 1.807) is 12.0 Å². The van der Waals surface area contributed by atoms with Gasteiger partial charge < -0.3 is 15.0 Å². The molecular weight excluding hydrogens is 423 g/mol. The number of carbonyl (C=O) groups excluding carboxylic acids is 2. The smallest absolute Gasteiger partial charge is 0.245 e. The third-order valence-electron chi connectivity index (χ3n) is 7.50. The molecule has 0 aromatic heterocycles. The number of halogens is 2. The molecule has 30 heavy (non-hydrogen) atoms. The van der Waals surface area contributed by atoms with Crippen molar-refractivity contribution in [3.8, 4) is 0 Å². The van der Waals surface area contributed by atoms with Gasteiger partial charge >= 0.3 is 0 Å². The molecule has 170 valence electrons. The summed E-state index contributed by atoms with van der Waals surface area (Å²) in [6, 6.07) is 0. The Morgan fingerprint density at radius 3 is 2.40 bits per heavy atom. The molecule has 1 aliphatic heterocycles. The molecule has 0 aromatic rings. The van der Waals surface area contributed by atoms with E-state index >= 15 is 0 Å². The zero-order chi connectivity index (χ0) is 21.7. The molecule has 3 fully saturated rings. The third kappa shape index (κ3) is 5.72. The zero-order valence-electron chi connectivity index (χ0n) is 18.0. The average molecular weight is 459 g/mol. The first-order chi connectivity index (χ1) is 14.4. The van der Waals surface area contributed by atoms with Crippen LogP contribution in [0, 0.1) is 23.7 Å². The lowest BCUT2D eigenvalue weighted by Crippen LogP contribution is -2.48. The maximum atomic E-state index is 12.8. The molecule has 1 saturated heterocycles. The lowest BCUT2D eigenvalue weighted by Gasteiger charge is -2.44. The molecule has 2 saturated carbocycles. The fourth-order valence-electron chi connectivity index (χ4n) is 5.65. The number of rotatable bonds is 6. The van der Waals surface area contributed by atoms with Crippen molar-refractivity contribution >= 4 is 35.0 Å². The van der Waals surface area contributed by atoms with E-state index in [0.717, 1.165) is 25.7 Å². The largest absolute Gasteiger partial charge is 0.381 e. The minimum absolute atomic E-state index is 0.0365. The van der Waals surface area contributed by atoms with Gasteiger partial charge in [-0.2, -0.15) is 0 Å². The second-order valence-electron chi connectivity index (χ2n) is 9.20. The topological polar surface area (TPSA) is 58.6 Å². The van der Waals surface area contributed by atoms with Gasteiger partial charge in [0.2, 0.25) is 11.8 Å². The average Bonchev–Trinajstić information content (AvgIpc) is 2.77. The quantitative estimate of drug-likeness (QED) is 0.483. The molecule has 5 nitrogen and oxygen atoms in total. The van der Waals surface area contributed by atoms with Crippen LogP contribution in [0.1, 0.15) is 51.4 Å². The van der Waals surface area contributed by atoms with E-state index in [2.05, 4.69) is 11.9 Å². The Bertz CT molecular complexity index is 609. The summed E-state index contributed by atoms with van der Waals surface area (Å²) >= 11 is 13.5. The summed E-state index contributed by atoms with van der Waals surface area (Å²) in [5, 5.41) is 3.47. The van der Waals surface area contributed by atoms with Gasteiger partial charge in [0.05, 0.1) is 6.10 Å². The van der Waals surface area contributed by atoms with Crippen LogP contribution in [0.3, 0.4) is 0 Å². The number of amides is 2. The highest BCUT2D eigenvalue weighted by Crippen LogP contribution is 2.44. The first-order valence-electron chi connectivity index (χ1n) is 11.4. The van der Waals surface area contributed by atoms with E-state index in [1.165, 1.54) is 18.9 Å².